The molecule has 2 aromatic rings. The Morgan fingerprint density at radius 3 is 2.52 bits per heavy atom. The molecular weight excluding hydrogens is 286 g/mol. The van der Waals surface area contributed by atoms with Crippen LogP contribution >= 0.6 is 12.2 Å². The fourth-order valence-corrected chi connectivity index (χ4v) is 2.00. The normalized spacial score (nSPS) is 10.0. The SMILES string of the molecule is COc1cnccc1C(=O)N(C)c1ccc(C(N)=S)cc1. The van der Waals surface area contributed by atoms with Gasteiger partial charge in [0.2, 0.25) is 0 Å². The van der Waals surface area contributed by atoms with Crippen LogP contribution in [-0.4, -0.2) is 30.0 Å². The second-order valence-electron chi connectivity index (χ2n) is 4.35. The number of ether oxygens (including phenoxy) is 1. The summed E-state index contributed by atoms with van der Waals surface area (Å²) in [5.74, 6) is 0.256. The van der Waals surface area contributed by atoms with Crippen molar-refractivity contribution in [2.24, 2.45) is 5.73 Å². The number of methoxy groups -OCH3 is 1. The number of hydrogen-bond donors (Lipinski definition) is 1. The maximum atomic E-state index is 12.5. The average molecular weight is 301 g/mol. The van der Waals surface area contributed by atoms with Crippen molar-refractivity contribution in [1.82, 2.24) is 4.98 Å². The van der Waals surface area contributed by atoms with E-state index in [1.165, 1.54) is 18.2 Å². The molecule has 2 rings (SSSR count). The van der Waals surface area contributed by atoms with E-state index in [1.807, 2.05) is 0 Å². The highest BCUT2D eigenvalue weighted by atomic mass is 32.1. The Kier molecular flexibility index (Phi) is 4.49. The van der Waals surface area contributed by atoms with Crippen LogP contribution < -0.4 is 15.4 Å². The number of rotatable bonds is 4. The summed E-state index contributed by atoms with van der Waals surface area (Å²) in [4.78, 5) is 18.3. The predicted molar refractivity (Wildman–Crippen MR) is 85.9 cm³/mol. The molecule has 0 saturated heterocycles. The van der Waals surface area contributed by atoms with E-state index in [2.05, 4.69) is 4.98 Å². The monoisotopic (exact) mass is 301 g/mol. The van der Waals surface area contributed by atoms with Crippen LogP contribution in [0.15, 0.2) is 42.7 Å². The maximum absolute atomic E-state index is 12.5. The maximum Gasteiger partial charge on any atom is 0.261 e. The molecule has 0 fully saturated rings. The first-order valence-corrected chi connectivity index (χ1v) is 6.61. The van der Waals surface area contributed by atoms with Gasteiger partial charge in [0.1, 0.15) is 10.7 Å². The van der Waals surface area contributed by atoms with E-state index in [0.29, 0.717) is 16.3 Å². The Hall–Kier alpha value is -2.47. The Labute approximate surface area is 128 Å². The minimum atomic E-state index is -0.183. The molecule has 1 amide bonds. The van der Waals surface area contributed by atoms with E-state index in [-0.39, 0.29) is 5.91 Å². The van der Waals surface area contributed by atoms with Gasteiger partial charge in [-0.3, -0.25) is 9.78 Å². The third kappa shape index (κ3) is 3.17. The molecule has 0 saturated carbocycles. The molecule has 0 aliphatic rings. The first kappa shape index (κ1) is 14.9. The molecule has 1 heterocycles. The average Bonchev–Trinajstić information content (AvgIpc) is 2.53. The van der Waals surface area contributed by atoms with Crippen molar-refractivity contribution in [2.45, 2.75) is 0 Å². The summed E-state index contributed by atoms with van der Waals surface area (Å²) in [7, 11) is 3.20. The van der Waals surface area contributed by atoms with Crippen LogP contribution in [0.3, 0.4) is 0 Å². The number of amides is 1. The number of nitrogens with zero attached hydrogens (tertiary/aromatic N) is 2. The third-order valence-corrected chi connectivity index (χ3v) is 3.31. The van der Waals surface area contributed by atoms with Crippen LogP contribution in [0.1, 0.15) is 15.9 Å². The van der Waals surface area contributed by atoms with Crippen LogP contribution in [0.4, 0.5) is 5.69 Å². The van der Waals surface area contributed by atoms with E-state index in [0.717, 1.165) is 11.3 Å². The van der Waals surface area contributed by atoms with Crippen LogP contribution in [0.25, 0.3) is 0 Å². The lowest BCUT2D eigenvalue weighted by Crippen LogP contribution is -2.26. The van der Waals surface area contributed by atoms with E-state index < -0.39 is 0 Å². The largest absolute Gasteiger partial charge is 0.494 e. The number of benzene rings is 1. The van der Waals surface area contributed by atoms with Gasteiger partial charge in [0.05, 0.1) is 18.9 Å². The Morgan fingerprint density at radius 2 is 1.95 bits per heavy atom. The quantitative estimate of drug-likeness (QED) is 0.875. The number of anilines is 1. The topological polar surface area (TPSA) is 68.5 Å². The molecule has 0 unspecified atom stereocenters. The standard InChI is InChI=1S/C15H15N3O2S/c1-18(11-5-3-10(4-6-11)14(16)21)15(19)12-7-8-17-9-13(12)20-2/h3-9H,1-2H3,(H2,16,21). The summed E-state index contributed by atoms with van der Waals surface area (Å²) in [5.41, 5.74) is 7.50. The van der Waals surface area contributed by atoms with E-state index in [1.54, 1.807) is 43.6 Å². The van der Waals surface area contributed by atoms with E-state index >= 15 is 0 Å². The number of pyridine rings is 1. The molecule has 1 aromatic carbocycles. The van der Waals surface area contributed by atoms with E-state index in [9.17, 15) is 4.79 Å². The number of nitrogens with two attached hydrogens (primary N) is 1. The van der Waals surface area contributed by atoms with Gasteiger partial charge in [0.25, 0.3) is 5.91 Å². The fourth-order valence-electron chi connectivity index (χ4n) is 1.87. The van der Waals surface area contributed by atoms with Crippen molar-refractivity contribution in [3.8, 4) is 5.75 Å². The van der Waals surface area contributed by atoms with Crippen molar-refractivity contribution in [3.05, 3.63) is 53.9 Å². The molecule has 0 aliphatic heterocycles. The molecule has 2 N–H and O–H groups in total. The zero-order valence-corrected chi connectivity index (χ0v) is 12.6. The molecule has 6 heteroatoms. The summed E-state index contributed by atoms with van der Waals surface area (Å²) in [6.45, 7) is 0. The van der Waals surface area contributed by atoms with E-state index in [4.69, 9.17) is 22.7 Å². The van der Waals surface area contributed by atoms with Crippen LogP contribution in [-0.2, 0) is 0 Å². The van der Waals surface area contributed by atoms with Crippen LogP contribution in [0.2, 0.25) is 0 Å². The molecule has 0 atom stereocenters. The lowest BCUT2D eigenvalue weighted by molar-refractivity contribution is 0.0990. The van der Waals surface area contributed by atoms with Crippen molar-refractivity contribution >= 4 is 28.8 Å². The van der Waals surface area contributed by atoms with Crippen molar-refractivity contribution in [3.63, 3.8) is 0 Å². The summed E-state index contributed by atoms with van der Waals surface area (Å²) >= 11 is 4.91. The van der Waals surface area contributed by atoms with Crippen molar-refractivity contribution in [2.75, 3.05) is 19.1 Å². The van der Waals surface area contributed by atoms with Gasteiger partial charge in [-0.25, -0.2) is 0 Å². The number of thiocarbonyl (C=S) groups is 1. The molecule has 21 heavy (non-hydrogen) atoms. The third-order valence-electron chi connectivity index (χ3n) is 3.08. The molecule has 108 valence electrons. The molecule has 5 nitrogen and oxygen atoms in total. The zero-order chi connectivity index (χ0) is 15.4. The highest BCUT2D eigenvalue weighted by Crippen LogP contribution is 2.21. The number of carbonyl (C=O) groups is 1. The van der Waals surface area contributed by atoms with Gasteiger partial charge in [-0.1, -0.05) is 12.2 Å². The fraction of sp³-hybridized carbons (Fsp3) is 0.133. The summed E-state index contributed by atoms with van der Waals surface area (Å²) in [5, 5.41) is 0. The molecule has 1 aromatic heterocycles. The highest BCUT2D eigenvalue weighted by Gasteiger charge is 2.17. The minimum Gasteiger partial charge on any atom is -0.494 e. The Balaban J connectivity index is 2.28. The summed E-state index contributed by atoms with van der Waals surface area (Å²) in [6, 6.07) is 8.78. The second kappa shape index (κ2) is 6.32. The summed E-state index contributed by atoms with van der Waals surface area (Å²) in [6.07, 6.45) is 3.07. The predicted octanol–water partition coefficient (Wildman–Crippen LogP) is 2.00. The van der Waals surface area contributed by atoms with Crippen molar-refractivity contribution in [1.29, 1.82) is 0 Å². The van der Waals surface area contributed by atoms with Crippen molar-refractivity contribution < 1.29 is 9.53 Å². The summed E-state index contributed by atoms with van der Waals surface area (Å²) < 4.78 is 5.16. The lowest BCUT2D eigenvalue weighted by Gasteiger charge is -2.18. The van der Waals surface area contributed by atoms with Crippen LogP contribution in [0.5, 0.6) is 5.75 Å². The highest BCUT2D eigenvalue weighted by molar-refractivity contribution is 7.80. The molecular formula is C15H15N3O2S. The van der Waals surface area contributed by atoms with Crippen LogP contribution in [0, 0.1) is 0 Å². The van der Waals surface area contributed by atoms with Gasteiger partial charge in [0, 0.05) is 24.5 Å². The Morgan fingerprint density at radius 1 is 1.29 bits per heavy atom. The molecule has 0 radical (unpaired) electrons. The molecule has 0 bridgehead atoms. The smallest absolute Gasteiger partial charge is 0.261 e. The van der Waals surface area contributed by atoms with Gasteiger partial charge >= 0.3 is 0 Å². The lowest BCUT2D eigenvalue weighted by atomic mass is 10.1. The van der Waals surface area contributed by atoms with Gasteiger partial charge in [0.15, 0.2) is 0 Å². The second-order valence-corrected chi connectivity index (χ2v) is 4.79. The first-order valence-electron chi connectivity index (χ1n) is 6.20. The zero-order valence-electron chi connectivity index (χ0n) is 11.7. The molecule has 0 aliphatic carbocycles. The Bertz CT molecular complexity index is 671. The van der Waals surface area contributed by atoms with Gasteiger partial charge in [-0.05, 0) is 30.3 Å². The number of hydrogen-bond acceptors (Lipinski definition) is 4. The van der Waals surface area contributed by atoms with Gasteiger partial charge in [-0.15, -0.1) is 0 Å². The number of aromatic nitrogens is 1. The number of carbonyl (C=O) groups excluding carboxylic acids is 1. The first-order chi connectivity index (χ1) is 10.0. The van der Waals surface area contributed by atoms with Gasteiger partial charge < -0.3 is 15.4 Å². The minimum absolute atomic E-state index is 0.183. The van der Waals surface area contributed by atoms with Gasteiger partial charge in [-0.2, -0.15) is 0 Å². The molecule has 0 spiro atoms.